The SMILES string of the molecule is CCc1cc(C(C)C)nn1CC(=O)NC. The fourth-order valence-electron chi connectivity index (χ4n) is 1.40. The molecule has 1 rings (SSSR count). The maximum absolute atomic E-state index is 11.3. The summed E-state index contributed by atoms with van der Waals surface area (Å²) in [5.41, 5.74) is 2.16. The highest BCUT2D eigenvalue weighted by Crippen LogP contribution is 2.14. The summed E-state index contributed by atoms with van der Waals surface area (Å²) in [6.07, 6.45) is 0.900. The first kappa shape index (κ1) is 11.8. The van der Waals surface area contributed by atoms with Crippen molar-refractivity contribution in [3.8, 4) is 0 Å². The van der Waals surface area contributed by atoms with Crippen LogP contribution in [0.1, 0.15) is 38.1 Å². The van der Waals surface area contributed by atoms with E-state index in [-0.39, 0.29) is 5.91 Å². The van der Waals surface area contributed by atoms with E-state index in [1.54, 1.807) is 11.7 Å². The highest BCUT2D eigenvalue weighted by Gasteiger charge is 2.11. The monoisotopic (exact) mass is 209 g/mol. The van der Waals surface area contributed by atoms with E-state index in [0.29, 0.717) is 12.5 Å². The molecule has 84 valence electrons. The van der Waals surface area contributed by atoms with Crippen LogP contribution in [-0.2, 0) is 17.8 Å². The minimum Gasteiger partial charge on any atom is -0.358 e. The van der Waals surface area contributed by atoms with Crippen molar-refractivity contribution in [3.05, 3.63) is 17.5 Å². The van der Waals surface area contributed by atoms with E-state index in [2.05, 4.69) is 37.3 Å². The second kappa shape index (κ2) is 4.96. The lowest BCUT2D eigenvalue weighted by atomic mass is 10.1. The number of carbonyl (C=O) groups is 1. The zero-order valence-electron chi connectivity index (χ0n) is 9.87. The summed E-state index contributed by atoms with van der Waals surface area (Å²) in [5, 5.41) is 7.03. The number of likely N-dealkylation sites (N-methyl/N-ethyl adjacent to an activating group) is 1. The van der Waals surface area contributed by atoms with E-state index >= 15 is 0 Å². The largest absolute Gasteiger partial charge is 0.358 e. The number of aryl methyl sites for hydroxylation is 1. The minimum absolute atomic E-state index is 0.0110. The molecule has 4 heteroatoms. The van der Waals surface area contributed by atoms with Crippen molar-refractivity contribution in [2.75, 3.05) is 7.05 Å². The van der Waals surface area contributed by atoms with Crippen LogP contribution >= 0.6 is 0 Å². The number of hydrogen-bond acceptors (Lipinski definition) is 2. The van der Waals surface area contributed by atoms with Gasteiger partial charge in [0.25, 0.3) is 0 Å². The van der Waals surface area contributed by atoms with Gasteiger partial charge in [-0.05, 0) is 18.4 Å². The van der Waals surface area contributed by atoms with E-state index in [1.165, 1.54) is 0 Å². The molecule has 1 aromatic rings. The molecule has 0 radical (unpaired) electrons. The van der Waals surface area contributed by atoms with Gasteiger partial charge in [-0.15, -0.1) is 0 Å². The number of hydrogen-bond donors (Lipinski definition) is 1. The van der Waals surface area contributed by atoms with Gasteiger partial charge in [-0.3, -0.25) is 9.48 Å². The number of aromatic nitrogens is 2. The molecule has 1 heterocycles. The molecule has 0 aliphatic carbocycles. The van der Waals surface area contributed by atoms with E-state index in [9.17, 15) is 4.79 Å². The molecule has 0 bridgehead atoms. The Balaban J connectivity index is 2.90. The van der Waals surface area contributed by atoms with Crippen molar-refractivity contribution in [1.82, 2.24) is 15.1 Å². The summed E-state index contributed by atoms with van der Waals surface area (Å²) in [6, 6.07) is 2.08. The first-order valence-corrected chi connectivity index (χ1v) is 5.35. The van der Waals surface area contributed by atoms with Crippen LogP contribution < -0.4 is 5.32 Å². The molecule has 0 aromatic carbocycles. The molecule has 0 unspecified atom stereocenters. The maximum atomic E-state index is 11.3. The summed E-state index contributed by atoms with van der Waals surface area (Å²) in [4.78, 5) is 11.3. The van der Waals surface area contributed by atoms with Crippen LogP contribution in [0.25, 0.3) is 0 Å². The van der Waals surface area contributed by atoms with Crippen LogP contribution in [0, 0.1) is 0 Å². The predicted molar refractivity (Wildman–Crippen MR) is 59.8 cm³/mol. The standard InChI is InChI=1S/C11H19N3O/c1-5-9-6-10(8(2)3)13-14(9)7-11(15)12-4/h6,8H,5,7H2,1-4H3,(H,12,15). The van der Waals surface area contributed by atoms with Gasteiger partial charge in [-0.2, -0.15) is 5.10 Å². The second-order valence-electron chi connectivity index (χ2n) is 3.90. The molecule has 1 N–H and O–H groups in total. The third kappa shape index (κ3) is 2.81. The summed E-state index contributed by atoms with van der Waals surface area (Å²) in [6.45, 7) is 6.59. The number of nitrogens with one attached hydrogen (secondary N) is 1. The van der Waals surface area contributed by atoms with Crippen molar-refractivity contribution in [2.45, 2.75) is 39.7 Å². The molecule has 1 amide bonds. The summed E-state index contributed by atoms with van der Waals surface area (Å²) < 4.78 is 1.79. The lowest BCUT2D eigenvalue weighted by Crippen LogP contribution is -2.25. The molecular formula is C11H19N3O. The summed E-state index contributed by atoms with van der Waals surface area (Å²) in [7, 11) is 1.64. The van der Waals surface area contributed by atoms with Crippen molar-refractivity contribution >= 4 is 5.91 Å². The molecule has 4 nitrogen and oxygen atoms in total. The summed E-state index contributed by atoms with van der Waals surface area (Å²) in [5.74, 6) is 0.393. The average Bonchev–Trinajstić information content (AvgIpc) is 2.61. The van der Waals surface area contributed by atoms with Crippen LogP contribution in [0.3, 0.4) is 0 Å². The van der Waals surface area contributed by atoms with Gasteiger partial charge in [0, 0.05) is 12.7 Å². The highest BCUT2D eigenvalue weighted by atomic mass is 16.1. The van der Waals surface area contributed by atoms with Crippen LogP contribution in [0.2, 0.25) is 0 Å². The van der Waals surface area contributed by atoms with Crippen molar-refractivity contribution < 1.29 is 4.79 Å². The molecule has 0 atom stereocenters. The fourth-order valence-corrected chi connectivity index (χ4v) is 1.40. The lowest BCUT2D eigenvalue weighted by Gasteiger charge is -2.04. The van der Waals surface area contributed by atoms with Crippen LogP contribution in [-0.4, -0.2) is 22.7 Å². The Kier molecular flexibility index (Phi) is 3.88. The van der Waals surface area contributed by atoms with Gasteiger partial charge in [0.2, 0.25) is 5.91 Å². The Bertz CT molecular complexity index is 342. The maximum Gasteiger partial charge on any atom is 0.241 e. The Morgan fingerprint density at radius 3 is 2.73 bits per heavy atom. The first-order valence-electron chi connectivity index (χ1n) is 5.35. The fraction of sp³-hybridized carbons (Fsp3) is 0.636. The Morgan fingerprint density at radius 2 is 2.27 bits per heavy atom. The molecular weight excluding hydrogens is 190 g/mol. The minimum atomic E-state index is -0.0110. The third-order valence-electron chi connectivity index (χ3n) is 2.41. The van der Waals surface area contributed by atoms with E-state index in [0.717, 1.165) is 17.8 Å². The highest BCUT2D eigenvalue weighted by molar-refractivity contribution is 5.75. The van der Waals surface area contributed by atoms with E-state index in [4.69, 9.17) is 0 Å². The smallest absolute Gasteiger partial charge is 0.241 e. The quantitative estimate of drug-likeness (QED) is 0.812. The Hall–Kier alpha value is -1.32. The van der Waals surface area contributed by atoms with Gasteiger partial charge in [-0.1, -0.05) is 20.8 Å². The molecule has 0 spiro atoms. The van der Waals surface area contributed by atoms with E-state index in [1.807, 2.05) is 0 Å². The molecule has 0 fully saturated rings. The molecule has 0 saturated carbocycles. The zero-order chi connectivity index (χ0) is 11.4. The van der Waals surface area contributed by atoms with E-state index < -0.39 is 0 Å². The topological polar surface area (TPSA) is 46.9 Å². The molecule has 0 saturated heterocycles. The molecule has 1 aromatic heterocycles. The van der Waals surface area contributed by atoms with Gasteiger partial charge in [0.1, 0.15) is 6.54 Å². The first-order chi connectivity index (χ1) is 7.08. The Labute approximate surface area is 90.7 Å². The Morgan fingerprint density at radius 1 is 1.60 bits per heavy atom. The van der Waals surface area contributed by atoms with Crippen molar-refractivity contribution in [3.63, 3.8) is 0 Å². The second-order valence-corrected chi connectivity index (χ2v) is 3.90. The van der Waals surface area contributed by atoms with Crippen molar-refractivity contribution in [2.24, 2.45) is 0 Å². The number of nitrogens with zero attached hydrogens (tertiary/aromatic N) is 2. The van der Waals surface area contributed by atoms with Gasteiger partial charge < -0.3 is 5.32 Å². The van der Waals surface area contributed by atoms with Gasteiger partial charge >= 0.3 is 0 Å². The predicted octanol–water partition coefficient (Wildman–Crippen LogP) is 1.31. The normalized spacial score (nSPS) is 10.7. The molecule has 0 aliphatic rings. The summed E-state index contributed by atoms with van der Waals surface area (Å²) >= 11 is 0. The van der Waals surface area contributed by atoms with Crippen LogP contribution in [0.15, 0.2) is 6.07 Å². The van der Waals surface area contributed by atoms with Gasteiger partial charge in [0.05, 0.1) is 5.69 Å². The number of rotatable bonds is 4. The van der Waals surface area contributed by atoms with Gasteiger partial charge in [0.15, 0.2) is 0 Å². The van der Waals surface area contributed by atoms with Crippen LogP contribution in [0.5, 0.6) is 0 Å². The molecule has 15 heavy (non-hydrogen) atoms. The molecule has 0 aliphatic heterocycles. The zero-order valence-corrected chi connectivity index (χ0v) is 9.87. The van der Waals surface area contributed by atoms with Crippen LogP contribution in [0.4, 0.5) is 0 Å². The average molecular weight is 209 g/mol. The van der Waals surface area contributed by atoms with Gasteiger partial charge in [-0.25, -0.2) is 0 Å². The number of carbonyl (C=O) groups excluding carboxylic acids is 1. The third-order valence-corrected chi connectivity index (χ3v) is 2.41. The van der Waals surface area contributed by atoms with Crippen molar-refractivity contribution in [1.29, 1.82) is 0 Å². The number of amides is 1. The lowest BCUT2D eigenvalue weighted by molar-refractivity contribution is -0.121.